The molecule has 0 aromatic heterocycles. The Bertz CT molecular complexity index is 270. The molecule has 1 aliphatic rings. The van der Waals surface area contributed by atoms with Gasteiger partial charge in [-0.2, -0.15) is 0 Å². The van der Waals surface area contributed by atoms with Crippen LogP contribution in [-0.4, -0.2) is 69.7 Å². The van der Waals surface area contributed by atoms with Crippen molar-refractivity contribution < 1.29 is 33.6 Å². The normalized spacial score (nSPS) is 36.4. The van der Waals surface area contributed by atoms with Gasteiger partial charge in [-0.1, -0.05) is 0 Å². The van der Waals surface area contributed by atoms with Gasteiger partial charge >= 0.3 is 5.97 Å². The van der Waals surface area contributed by atoms with Crippen molar-refractivity contribution in [2.24, 2.45) is 0 Å². The van der Waals surface area contributed by atoms with Gasteiger partial charge in [-0.25, -0.2) is 0 Å². The Balaban J connectivity index is 2.76. The van der Waals surface area contributed by atoms with Crippen LogP contribution in [0, 0.1) is 0 Å². The summed E-state index contributed by atoms with van der Waals surface area (Å²) >= 11 is 0. The van der Waals surface area contributed by atoms with Crippen molar-refractivity contribution in [1.82, 2.24) is 0 Å². The molecule has 1 unspecified atom stereocenters. The van der Waals surface area contributed by atoms with Crippen LogP contribution in [0.4, 0.5) is 0 Å². The first kappa shape index (κ1) is 15.3. The lowest BCUT2D eigenvalue weighted by atomic mass is 9.98. The van der Waals surface area contributed by atoms with Crippen LogP contribution in [0.5, 0.6) is 0 Å². The first-order valence-corrected chi connectivity index (χ1v) is 5.60. The number of methoxy groups -OCH3 is 3. The van der Waals surface area contributed by atoms with Crippen LogP contribution in [0.2, 0.25) is 0 Å². The van der Waals surface area contributed by atoms with Crippen molar-refractivity contribution in [2.45, 2.75) is 37.6 Å². The van der Waals surface area contributed by atoms with E-state index in [0.717, 1.165) is 0 Å². The summed E-state index contributed by atoms with van der Waals surface area (Å²) in [4.78, 5) is 10.8. The summed E-state index contributed by atoms with van der Waals surface area (Å²) in [5.74, 6) is -0.425. The van der Waals surface area contributed by atoms with E-state index in [1.807, 2.05) is 0 Å². The number of carbonyl (C=O) groups is 1. The average Bonchev–Trinajstić information content (AvgIpc) is 2.34. The zero-order chi connectivity index (χ0) is 13.7. The van der Waals surface area contributed by atoms with E-state index in [9.17, 15) is 9.90 Å². The Hall–Kier alpha value is -0.730. The predicted molar refractivity (Wildman–Crippen MR) is 59.9 cm³/mol. The van der Waals surface area contributed by atoms with E-state index in [4.69, 9.17) is 23.7 Å². The molecule has 1 N–H and O–H groups in total. The maximum atomic E-state index is 10.8. The molecule has 0 aromatic carbocycles. The highest BCUT2D eigenvalue weighted by atomic mass is 16.7. The molecule has 106 valence electrons. The first-order valence-electron chi connectivity index (χ1n) is 5.60. The second-order valence-electron chi connectivity index (χ2n) is 3.97. The fourth-order valence-electron chi connectivity index (χ4n) is 2.03. The molecule has 0 bridgehead atoms. The van der Waals surface area contributed by atoms with Crippen molar-refractivity contribution in [1.29, 1.82) is 0 Å². The molecular formula is C11H20O7. The summed E-state index contributed by atoms with van der Waals surface area (Å²) in [6, 6.07) is 0. The number of hydrogen-bond donors (Lipinski definition) is 1. The number of ether oxygens (including phenoxy) is 5. The van der Waals surface area contributed by atoms with Crippen molar-refractivity contribution in [2.75, 3.05) is 27.9 Å². The van der Waals surface area contributed by atoms with Crippen LogP contribution in [0.3, 0.4) is 0 Å². The monoisotopic (exact) mass is 264 g/mol. The van der Waals surface area contributed by atoms with Crippen LogP contribution in [0.15, 0.2) is 0 Å². The molecule has 18 heavy (non-hydrogen) atoms. The lowest BCUT2D eigenvalue weighted by molar-refractivity contribution is -0.300. The third-order valence-corrected chi connectivity index (χ3v) is 2.88. The largest absolute Gasteiger partial charge is 0.463 e. The zero-order valence-corrected chi connectivity index (χ0v) is 11.0. The van der Waals surface area contributed by atoms with Gasteiger partial charge in [0.2, 0.25) is 0 Å². The highest BCUT2D eigenvalue weighted by Gasteiger charge is 2.46. The van der Waals surface area contributed by atoms with Crippen LogP contribution in [-0.2, 0) is 28.5 Å². The molecule has 1 aliphatic heterocycles. The fraction of sp³-hybridized carbons (Fsp3) is 0.909. The van der Waals surface area contributed by atoms with E-state index in [1.54, 1.807) is 0 Å². The van der Waals surface area contributed by atoms with Gasteiger partial charge in [0.25, 0.3) is 0 Å². The van der Waals surface area contributed by atoms with Crippen molar-refractivity contribution >= 4 is 5.97 Å². The van der Waals surface area contributed by atoms with Crippen LogP contribution in [0.1, 0.15) is 6.92 Å². The molecule has 7 nitrogen and oxygen atoms in total. The second-order valence-corrected chi connectivity index (χ2v) is 3.97. The molecule has 0 aliphatic carbocycles. The quantitative estimate of drug-likeness (QED) is 0.658. The van der Waals surface area contributed by atoms with Gasteiger partial charge in [-0.05, 0) is 0 Å². The average molecular weight is 264 g/mol. The minimum absolute atomic E-state index is 0.0127. The second kappa shape index (κ2) is 7.01. The number of rotatable bonds is 5. The third kappa shape index (κ3) is 3.39. The Morgan fingerprint density at radius 3 is 2.11 bits per heavy atom. The Morgan fingerprint density at radius 1 is 1.11 bits per heavy atom. The number of aliphatic hydroxyl groups is 1. The van der Waals surface area contributed by atoms with Gasteiger partial charge in [0.1, 0.15) is 31.0 Å². The van der Waals surface area contributed by atoms with Crippen LogP contribution in [0.25, 0.3) is 0 Å². The summed E-state index contributed by atoms with van der Waals surface area (Å²) in [6.07, 6.45) is -3.43. The van der Waals surface area contributed by atoms with Gasteiger partial charge in [0.05, 0.1) is 0 Å². The van der Waals surface area contributed by atoms with Gasteiger partial charge in [-0.15, -0.1) is 0 Å². The molecule has 0 aromatic rings. The SMILES string of the molecule is CO[C@H]1[C@H](OC)[C@@H](OC)C(O)O[C@@H]1COC(C)=O. The van der Waals surface area contributed by atoms with Gasteiger partial charge in [-0.3, -0.25) is 4.79 Å². The molecule has 0 spiro atoms. The molecule has 5 atom stereocenters. The highest BCUT2D eigenvalue weighted by molar-refractivity contribution is 5.65. The molecule has 0 amide bonds. The molecule has 0 radical (unpaired) electrons. The summed E-state index contributed by atoms with van der Waals surface area (Å²) in [5.41, 5.74) is 0. The van der Waals surface area contributed by atoms with E-state index >= 15 is 0 Å². The number of aliphatic hydroxyl groups excluding tert-OH is 1. The molecule has 1 rings (SSSR count). The van der Waals surface area contributed by atoms with Gasteiger partial charge in [0.15, 0.2) is 6.29 Å². The van der Waals surface area contributed by atoms with E-state index in [-0.39, 0.29) is 6.61 Å². The van der Waals surface area contributed by atoms with E-state index < -0.39 is 36.7 Å². The van der Waals surface area contributed by atoms with Gasteiger partial charge in [0, 0.05) is 28.3 Å². The first-order chi connectivity index (χ1) is 8.54. The summed E-state index contributed by atoms with van der Waals surface area (Å²) in [5, 5.41) is 9.80. The maximum absolute atomic E-state index is 10.8. The molecule has 1 fully saturated rings. The third-order valence-electron chi connectivity index (χ3n) is 2.88. The van der Waals surface area contributed by atoms with Crippen molar-refractivity contribution in [3.8, 4) is 0 Å². The lowest BCUT2D eigenvalue weighted by Crippen LogP contribution is -2.60. The van der Waals surface area contributed by atoms with E-state index in [2.05, 4.69) is 0 Å². The molecule has 1 saturated heterocycles. The number of esters is 1. The predicted octanol–water partition coefficient (Wildman–Crippen LogP) is -0.688. The summed E-state index contributed by atoms with van der Waals surface area (Å²) in [6.45, 7) is 1.29. The van der Waals surface area contributed by atoms with Crippen LogP contribution < -0.4 is 0 Å². The molecular weight excluding hydrogens is 244 g/mol. The van der Waals surface area contributed by atoms with Crippen LogP contribution >= 0.6 is 0 Å². The Kier molecular flexibility index (Phi) is 5.97. The van der Waals surface area contributed by atoms with E-state index in [1.165, 1.54) is 28.3 Å². The zero-order valence-electron chi connectivity index (χ0n) is 11.0. The maximum Gasteiger partial charge on any atom is 0.302 e. The molecule has 0 saturated carbocycles. The number of hydrogen-bond acceptors (Lipinski definition) is 7. The Labute approximate surface area is 106 Å². The number of carbonyl (C=O) groups excluding carboxylic acids is 1. The summed E-state index contributed by atoms with van der Waals surface area (Å²) < 4.78 is 25.9. The van der Waals surface area contributed by atoms with Crippen molar-refractivity contribution in [3.63, 3.8) is 0 Å². The van der Waals surface area contributed by atoms with Gasteiger partial charge < -0.3 is 28.8 Å². The highest BCUT2D eigenvalue weighted by Crippen LogP contribution is 2.26. The van der Waals surface area contributed by atoms with Crippen molar-refractivity contribution in [3.05, 3.63) is 0 Å². The summed E-state index contributed by atoms with van der Waals surface area (Å²) in [7, 11) is 4.43. The lowest BCUT2D eigenvalue weighted by Gasteiger charge is -2.42. The minimum Gasteiger partial charge on any atom is -0.463 e. The molecule has 1 heterocycles. The minimum atomic E-state index is -1.16. The molecule has 7 heteroatoms. The fourth-order valence-corrected chi connectivity index (χ4v) is 2.03. The topological polar surface area (TPSA) is 83.5 Å². The van der Waals surface area contributed by atoms with E-state index in [0.29, 0.717) is 0 Å². The Morgan fingerprint density at radius 2 is 1.67 bits per heavy atom. The standard InChI is InChI=1S/C11H20O7/c1-6(12)17-5-7-8(14-2)9(15-3)10(16-4)11(13)18-7/h7-11,13H,5H2,1-4H3/t7-,8-,9+,10-,11?/m1/s1. The smallest absolute Gasteiger partial charge is 0.302 e.